The molecule has 0 saturated carbocycles. The van der Waals surface area contributed by atoms with Gasteiger partial charge in [-0.1, -0.05) is 35.5 Å². The van der Waals surface area contributed by atoms with Gasteiger partial charge in [-0.25, -0.2) is 4.79 Å². The number of ketones is 1. The third kappa shape index (κ3) is 4.40. The molecule has 3 N–H and O–H groups in total. The number of Topliss-reactive ketones (excluding diaryl/α,β-unsaturated/α-hetero) is 1. The van der Waals surface area contributed by atoms with E-state index in [1.807, 2.05) is 19.1 Å². The Morgan fingerprint density at radius 1 is 1.14 bits per heavy atom. The van der Waals surface area contributed by atoms with Gasteiger partial charge in [-0.2, -0.15) is 4.68 Å². The van der Waals surface area contributed by atoms with Crippen molar-refractivity contribution in [3.63, 3.8) is 0 Å². The first-order chi connectivity index (χ1) is 16.9. The lowest BCUT2D eigenvalue weighted by Crippen LogP contribution is -2.41. The molecule has 35 heavy (non-hydrogen) atoms. The Kier molecular flexibility index (Phi) is 5.82. The van der Waals surface area contributed by atoms with Crippen LogP contribution in [-0.4, -0.2) is 38.5 Å². The Hall–Kier alpha value is -4.39. The minimum atomic E-state index is -0.813. The SMILES string of the molecule is Cc1ccc(-[n+]2[nH]oc(=O)c2C(=O)CSc2nnc(Cc3ccc4c(c3)OCO4)c(=O)n2N)cc1. The van der Waals surface area contributed by atoms with Gasteiger partial charge in [0, 0.05) is 18.6 Å². The number of ether oxygens (including phenoxy) is 2. The summed E-state index contributed by atoms with van der Waals surface area (Å²) in [4.78, 5) is 37.7. The Balaban J connectivity index is 1.32. The largest absolute Gasteiger partial charge is 0.454 e. The summed E-state index contributed by atoms with van der Waals surface area (Å²) >= 11 is 0.884. The van der Waals surface area contributed by atoms with Crippen LogP contribution in [-0.2, 0) is 6.42 Å². The molecular weight excluding hydrogens is 476 g/mol. The van der Waals surface area contributed by atoms with E-state index in [0.717, 1.165) is 27.6 Å². The molecule has 0 bridgehead atoms. The van der Waals surface area contributed by atoms with Crippen LogP contribution in [0, 0.1) is 6.92 Å². The molecule has 178 valence electrons. The van der Waals surface area contributed by atoms with Crippen LogP contribution in [0.3, 0.4) is 0 Å². The lowest BCUT2D eigenvalue weighted by atomic mass is 10.1. The van der Waals surface area contributed by atoms with Gasteiger partial charge >= 0.3 is 11.3 Å². The number of nitrogens with one attached hydrogen (secondary N) is 1. The number of carbonyl (C=O) groups is 1. The second kappa shape index (κ2) is 9.10. The van der Waals surface area contributed by atoms with E-state index in [9.17, 15) is 14.4 Å². The first kappa shape index (κ1) is 22.4. The molecule has 2 aromatic carbocycles. The second-order valence-corrected chi connectivity index (χ2v) is 8.62. The number of H-pyrrole nitrogens is 1. The van der Waals surface area contributed by atoms with Gasteiger partial charge in [0.25, 0.3) is 5.56 Å². The quantitative estimate of drug-likeness (QED) is 0.160. The average molecular weight is 495 g/mol. The van der Waals surface area contributed by atoms with E-state index in [2.05, 4.69) is 15.5 Å². The highest BCUT2D eigenvalue weighted by Gasteiger charge is 2.31. The van der Waals surface area contributed by atoms with E-state index >= 15 is 0 Å². The summed E-state index contributed by atoms with van der Waals surface area (Å²) < 4.78 is 17.6. The predicted octanol–water partition coefficient (Wildman–Crippen LogP) is 0.513. The molecule has 5 rings (SSSR count). The molecule has 0 aliphatic carbocycles. The molecule has 0 fully saturated rings. The fourth-order valence-electron chi connectivity index (χ4n) is 3.46. The Labute approximate surface area is 201 Å². The van der Waals surface area contributed by atoms with Crippen molar-refractivity contribution in [2.75, 3.05) is 18.4 Å². The monoisotopic (exact) mass is 495 g/mol. The highest BCUT2D eigenvalue weighted by Crippen LogP contribution is 2.32. The number of thioether (sulfide) groups is 1. The third-order valence-electron chi connectivity index (χ3n) is 5.27. The van der Waals surface area contributed by atoms with Crippen molar-refractivity contribution in [2.24, 2.45) is 0 Å². The number of rotatable bonds is 7. The maximum Gasteiger partial charge on any atom is 0.438 e. The number of nitrogen functional groups attached to an aromatic ring is 1. The molecule has 13 heteroatoms. The van der Waals surface area contributed by atoms with Crippen LogP contribution in [0.1, 0.15) is 27.3 Å². The van der Waals surface area contributed by atoms with Gasteiger partial charge < -0.3 is 15.3 Å². The second-order valence-electron chi connectivity index (χ2n) is 7.68. The van der Waals surface area contributed by atoms with Crippen molar-refractivity contribution >= 4 is 17.5 Å². The molecule has 3 heterocycles. The molecule has 0 saturated heterocycles. The Morgan fingerprint density at radius 3 is 2.71 bits per heavy atom. The molecule has 0 radical (unpaired) electrons. The molecule has 1 aliphatic heterocycles. The van der Waals surface area contributed by atoms with E-state index in [-0.39, 0.29) is 35.5 Å². The van der Waals surface area contributed by atoms with Crippen LogP contribution in [0.5, 0.6) is 11.5 Å². The normalized spacial score (nSPS) is 12.1. The number of aromatic amines is 1. The van der Waals surface area contributed by atoms with E-state index in [1.54, 1.807) is 30.3 Å². The lowest BCUT2D eigenvalue weighted by molar-refractivity contribution is -0.672. The molecule has 0 amide bonds. The molecule has 1 aliphatic rings. The number of carbonyl (C=O) groups excluding carboxylic acids is 1. The van der Waals surface area contributed by atoms with Gasteiger partial charge in [0.05, 0.1) is 5.75 Å². The van der Waals surface area contributed by atoms with E-state index in [0.29, 0.717) is 17.2 Å². The van der Waals surface area contributed by atoms with Crippen molar-refractivity contribution in [2.45, 2.75) is 18.5 Å². The van der Waals surface area contributed by atoms with E-state index in [1.165, 1.54) is 4.68 Å². The van der Waals surface area contributed by atoms with Gasteiger partial charge in [-0.15, -0.1) is 10.2 Å². The highest BCUT2D eigenvalue weighted by molar-refractivity contribution is 7.99. The van der Waals surface area contributed by atoms with Gasteiger partial charge in [-0.05, 0) is 34.6 Å². The van der Waals surface area contributed by atoms with Crippen molar-refractivity contribution in [3.8, 4) is 17.2 Å². The zero-order chi connectivity index (χ0) is 24.5. The smallest absolute Gasteiger partial charge is 0.438 e. The molecule has 2 aromatic heterocycles. The maximum absolute atomic E-state index is 12.8. The van der Waals surface area contributed by atoms with Crippen molar-refractivity contribution < 1.29 is 23.5 Å². The fourth-order valence-corrected chi connectivity index (χ4v) is 4.18. The minimum Gasteiger partial charge on any atom is -0.454 e. The van der Waals surface area contributed by atoms with Crippen LogP contribution in [0.4, 0.5) is 0 Å². The first-order valence-electron chi connectivity index (χ1n) is 10.4. The molecular formula is C22H19N6O6S+. The number of aromatic nitrogens is 5. The van der Waals surface area contributed by atoms with Crippen molar-refractivity contribution in [3.05, 3.63) is 85.8 Å². The van der Waals surface area contributed by atoms with Crippen LogP contribution in [0.15, 0.2) is 61.7 Å². The summed E-state index contributed by atoms with van der Waals surface area (Å²) in [5.74, 6) is 6.39. The van der Waals surface area contributed by atoms with E-state index < -0.39 is 17.0 Å². The predicted molar refractivity (Wildman–Crippen MR) is 122 cm³/mol. The molecule has 0 spiro atoms. The van der Waals surface area contributed by atoms with Gasteiger partial charge in [0.2, 0.25) is 23.4 Å². The van der Waals surface area contributed by atoms with Gasteiger partial charge in [-0.3, -0.25) is 14.1 Å². The number of nitrogens with zero attached hydrogens (tertiary/aromatic N) is 4. The summed E-state index contributed by atoms with van der Waals surface area (Å²) in [5.41, 5.74) is 0.916. The number of nitrogens with two attached hydrogens (primary N) is 1. The highest BCUT2D eigenvalue weighted by atomic mass is 32.2. The summed E-state index contributed by atoms with van der Waals surface area (Å²) in [7, 11) is 0. The lowest BCUT2D eigenvalue weighted by Gasteiger charge is -2.07. The first-order valence-corrected chi connectivity index (χ1v) is 11.4. The van der Waals surface area contributed by atoms with Crippen molar-refractivity contribution in [1.82, 2.24) is 20.1 Å². The average Bonchev–Trinajstić information content (AvgIpc) is 3.48. The van der Waals surface area contributed by atoms with Crippen LogP contribution in [0.2, 0.25) is 0 Å². The summed E-state index contributed by atoms with van der Waals surface area (Å²) in [6.07, 6.45) is 0.185. The van der Waals surface area contributed by atoms with Crippen LogP contribution < -0.4 is 31.2 Å². The van der Waals surface area contributed by atoms with Crippen molar-refractivity contribution in [1.29, 1.82) is 0 Å². The number of aryl methyl sites for hydroxylation is 1. The van der Waals surface area contributed by atoms with Crippen LogP contribution in [0.25, 0.3) is 5.69 Å². The standard InChI is InChI=1S/C22H18N6O6S/c1-12-2-5-14(6-3-12)28-19(21(31)34-26-28)16(29)10-35-22-25-24-15(20(30)27(22)23)8-13-4-7-17-18(9-13)33-11-32-17/h2-7,9H,8,10-11,23H2,1H3/p+1. The number of hydrogen-bond donors (Lipinski definition) is 2. The molecule has 4 aromatic rings. The Morgan fingerprint density at radius 2 is 1.91 bits per heavy atom. The number of fused-ring (bicyclic) bond motifs is 1. The fraction of sp³-hybridized carbons (Fsp3) is 0.182. The topological polar surface area (TPSA) is 159 Å². The summed E-state index contributed by atoms with van der Waals surface area (Å²) in [6, 6.07) is 12.5. The molecule has 0 unspecified atom stereocenters. The summed E-state index contributed by atoms with van der Waals surface area (Å²) in [5, 5.41) is 10.5. The minimum absolute atomic E-state index is 0.0274. The number of benzene rings is 2. The van der Waals surface area contributed by atoms with Gasteiger partial charge in [0.1, 0.15) is 5.69 Å². The maximum atomic E-state index is 12.8. The van der Waals surface area contributed by atoms with Gasteiger partial charge in [0.15, 0.2) is 11.5 Å². The Bertz CT molecular complexity index is 1540. The summed E-state index contributed by atoms with van der Waals surface area (Å²) in [6.45, 7) is 2.07. The third-order valence-corrected chi connectivity index (χ3v) is 6.21. The van der Waals surface area contributed by atoms with Crippen LogP contribution >= 0.6 is 11.8 Å². The zero-order valence-corrected chi connectivity index (χ0v) is 19.2. The van der Waals surface area contributed by atoms with E-state index in [4.69, 9.17) is 19.8 Å². The molecule has 0 atom stereocenters. The zero-order valence-electron chi connectivity index (χ0n) is 18.4. The number of hydrogen-bond acceptors (Lipinski definition) is 10. The molecule has 12 nitrogen and oxygen atoms in total.